The van der Waals surface area contributed by atoms with Crippen molar-refractivity contribution in [3.8, 4) is 0 Å². The van der Waals surface area contributed by atoms with Crippen LogP contribution in [0, 0.1) is 5.92 Å². The molecule has 1 heterocycles. The SMILES string of the molecule is C1CCC[C@]23O[C@H]2CC[C@@H]3CC1. The van der Waals surface area contributed by atoms with Gasteiger partial charge in [0.05, 0.1) is 11.7 Å². The Hall–Kier alpha value is -0.0400. The van der Waals surface area contributed by atoms with E-state index in [-0.39, 0.29) is 0 Å². The van der Waals surface area contributed by atoms with Crippen molar-refractivity contribution in [3.63, 3.8) is 0 Å². The highest BCUT2D eigenvalue weighted by molar-refractivity contribution is 5.12. The van der Waals surface area contributed by atoms with E-state index < -0.39 is 0 Å². The molecule has 1 saturated heterocycles. The van der Waals surface area contributed by atoms with E-state index in [2.05, 4.69) is 0 Å². The van der Waals surface area contributed by atoms with Gasteiger partial charge in [-0.05, 0) is 31.6 Å². The summed E-state index contributed by atoms with van der Waals surface area (Å²) in [7, 11) is 0. The Labute approximate surface area is 74.5 Å². The zero-order chi connectivity index (χ0) is 8.02. The highest BCUT2D eigenvalue weighted by atomic mass is 16.6. The lowest BCUT2D eigenvalue weighted by Crippen LogP contribution is -2.23. The maximum atomic E-state index is 5.88. The Morgan fingerprint density at radius 2 is 1.83 bits per heavy atom. The Morgan fingerprint density at radius 3 is 2.75 bits per heavy atom. The van der Waals surface area contributed by atoms with E-state index >= 15 is 0 Å². The molecule has 1 nitrogen and oxygen atoms in total. The molecular formula is C11H18O. The third kappa shape index (κ3) is 0.891. The summed E-state index contributed by atoms with van der Waals surface area (Å²) < 4.78 is 5.88. The molecule has 0 N–H and O–H groups in total. The van der Waals surface area contributed by atoms with Gasteiger partial charge in [-0.15, -0.1) is 0 Å². The quantitative estimate of drug-likeness (QED) is 0.504. The molecule has 0 aromatic carbocycles. The van der Waals surface area contributed by atoms with Gasteiger partial charge >= 0.3 is 0 Å². The van der Waals surface area contributed by atoms with Crippen LogP contribution in [0.2, 0.25) is 0 Å². The molecular weight excluding hydrogens is 148 g/mol. The molecule has 0 unspecified atom stereocenters. The van der Waals surface area contributed by atoms with Gasteiger partial charge < -0.3 is 4.74 Å². The third-order valence-corrected chi connectivity index (χ3v) is 4.19. The van der Waals surface area contributed by atoms with Gasteiger partial charge in [0.2, 0.25) is 0 Å². The summed E-state index contributed by atoms with van der Waals surface area (Å²) in [5, 5.41) is 0. The molecule has 1 spiro atoms. The largest absolute Gasteiger partial charge is 0.366 e. The zero-order valence-corrected chi connectivity index (χ0v) is 7.72. The fourth-order valence-corrected chi connectivity index (χ4v) is 3.45. The lowest BCUT2D eigenvalue weighted by molar-refractivity contribution is 0.156. The number of hydrogen-bond donors (Lipinski definition) is 0. The van der Waals surface area contributed by atoms with Crippen molar-refractivity contribution in [3.05, 3.63) is 0 Å². The van der Waals surface area contributed by atoms with E-state index in [0.717, 1.165) is 5.92 Å². The summed E-state index contributed by atoms with van der Waals surface area (Å²) in [4.78, 5) is 0. The highest BCUT2D eigenvalue weighted by Crippen LogP contribution is 2.58. The molecule has 68 valence electrons. The Bertz CT molecular complexity index is 189. The van der Waals surface area contributed by atoms with Crippen LogP contribution in [0.5, 0.6) is 0 Å². The van der Waals surface area contributed by atoms with E-state index in [4.69, 9.17) is 4.74 Å². The highest BCUT2D eigenvalue weighted by Gasteiger charge is 2.63. The summed E-state index contributed by atoms with van der Waals surface area (Å²) in [6, 6.07) is 0. The van der Waals surface area contributed by atoms with E-state index in [1.54, 1.807) is 0 Å². The number of epoxide rings is 1. The minimum Gasteiger partial charge on any atom is -0.366 e. The fourth-order valence-electron chi connectivity index (χ4n) is 3.45. The molecule has 3 atom stereocenters. The molecule has 3 fully saturated rings. The van der Waals surface area contributed by atoms with E-state index in [1.807, 2.05) is 0 Å². The molecule has 12 heavy (non-hydrogen) atoms. The van der Waals surface area contributed by atoms with Crippen LogP contribution in [0.4, 0.5) is 0 Å². The zero-order valence-electron chi connectivity index (χ0n) is 7.72. The first-order chi connectivity index (χ1) is 5.92. The molecule has 3 rings (SSSR count). The van der Waals surface area contributed by atoms with Gasteiger partial charge in [0.1, 0.15) is 0 Å². The smallest absolute Gasteiger partial charge is 0.0976 e. The lowest BCUT2D eigenvalue weighted by Gasteiger charge is -2.23. The fraction of sp³-hybridized carbons (Fsp3) is 1.00. The Morgan fingerprint density at radius 1 is 0.917 bits per heavy atom. The molecule has 0 amide bonds. The summed E-state index contributed by atoms with van der Waals surface area (Å²) in [6.45, 7) is 0. The second-order valence-electron chi connectivity index (χ2n) is 4.79. The molecule has 3 aliphatic rings. The number of ether oxygens (including phenoxy) is 1. The first-order valence-electron chi connectivity index (χ1n) is 5.60. The van der Waals surface area contributed by atoms with Gasteiger partial charge in [-0.1, -0.05) is 25.7 Å². The first kappa shape index (κ1) is 7.37. The minimum absolute atomic E-state index is 0.431. The standard InChI is InChI=1S/C11H18O/c1-2-4-8-11-9(5-3-1)6-7-10(11)12-11/h9-10H,1-8H2/t9-,10-,11+/m0/s1. The van der Waals surface area contributed by atoms with Crippen molar-refractivity contribution >= 4 is 0 Å². The summed E-state index contributed by atoms with van der Waals surface area (Å²) in [6.07, 6.45) is 12.2. The van der Waals surface area contributed by atoms with Gasteiger partial charge in [0.25, 0.3) is 0 Å². The van der Waals surface area contributed by atoms with Gasteiger partial charge in [-0.25, -0.2) is 0 Å². The lowest BCUT2D eigenvalue weighted by atomic mass is 9.83. The van der Waals surface area contributed by atoms with Crippen LogP contribution in [0.3, 0.4) is 0 Å². The third-order valence-electron chi connectivity index (χ3n) is 4.19. The average molecular weight is 166 g/mol. The molecule has 1 heteroatoms. The number of hydrogen-bond acceptors (Lipinski definition) is 1. The summed E-state index contributed by atoms with van der Waals surface area (Å²) in [5.41, 5.74) is 0.431. The summed E-state index contributed by atoms with van der Waals surface area (Å²) >= 11 is 0. The monoisotopic (exact) mass is 166 g/mol. The molecule has 0 aromatic rings. The topological polar surface area (TPSA) is 12.5 Å². The van der Waals surface area contributed by atoms with Gasteiger partial charge in [-0.2, -0.15) is 0 Å². The molecule has 0 radical (unpaired) electrons. The molecule has 0 aromatic heterocycles. The normalized spacial score (nSPS) is 52.0. The van der Waals surface area contributed by atoms with Gasteiger partial charge in [0.15, 0.2) is 0 Å². The second kappa shape index (κ2) is 2.47. The van der Waals surface area contributed by atoms with Crippen LogP contribution >= 0.6 is 0 Å². The van der Waals surface area contributed by atoms with Crippen molar-refractivity contribution in [2.75, 3.05) is 0 Å². The van der Waals surface area contributed by atoms with Gasteiger partial charge in [-0.3, -0.25) is 0 Å². The maximum Gasteiger partial charge on any atom is 0.0976 e. The van der Waals surface area contributed by atoms with Crippen LogP contribution < -0.4 is 0 Å². The van der Waals surface area contributed by atoms with Crippen LogP contribution in [0.1, 0.15) is 51.4 Å². The van der Waals surface area contributed by atoms with Crippen molar-refractivity contribution in [2.24, 2.45) is 5.92 Å². The summed E-state index contributed by atoms with van der Waals surface area (Å²) in [5.74, 6) is 0.947. The number of rotatable bonds is 0. The van der Waals surface area contributed by atoms with Crippen molar-refractivity contribution in [1.82, 2.24) is 0 Å². The van der Waals surface area contributed by atoms with Gasteiger partial charge in [0, 0.05) is 0 Å². The van der Waals surface area contributed by atoms with Crippen molar-refractivity contribution in [2.45, 2.75) is 63.1 Å². The minimum atomic E-state index is 0.431. The van der Waals surface area contributed by atoms with Crippen molar-refractivity contribution in [1.29, 1.82) is 0 Å². The maximum absolute atomic E-state index is 5.88. The average Bonchev–Trinajstić information content (AvgIpc) is 2.66. The molecule has 2 saturated carbocycles. The van der Waals surface area contributed by atoms with Crippen molar-refractivity contribution < 1.29 is 4.74 Å². The predicted molar refractivity (Wildman–Crippen MR) is 48.0 cm³/mol. The first-order valence-corrected chi connectivity index (χ1v) is 5.60. The van der Waals surface area contributed by atoms with E-state index in [0.29, 0.717) is 11.7 Å². The Balaban J connectivity index is 1.77. The molecule has 2 aliphatic carbocycles. The Kier molecular flexibility index (Phi) is 1.52. The van der Waals surface area contributed by atoms with E-state index in [1.165, 1.54) is 51.4 Å². The predicted octanol–water partition coefficient (Wildman–Crippen LogP) is 2.89. The van der Waals surface area contributed by atoms with Crippen LogP contribution in [0.15, 0.2) is 0 Å². The second-order valence-corrected chi connectivity index (χ2v) is 4.79. The van der Waals surface area contributed by atoms with E-state index in [9.17, 15) is 0 Å². The molecule has 1 aliphatic heterocycles. The van der Waals surface area contributed by atoms with Crippen LogP contribution in [-0.2, 0) is 4.74 Å². The van der Waals surface area contributed by atoms with Crippen LogP contribution in [0.25, 0.3) is 0 Å². The molecule has 0 bridgehead atoms. The van der Waals surface area contributed by atoms with Crippen LogP contribution in [-0.4, -0.2) is 11.7 Å².